The van der Waals surface area contributed by atoms with Gasteiger partial charge in [-0.15, -0.1) is 0 Å². The molecular weight excluding hydrogens is 450 g/mol. The lowest BCUT2D eigenvalue weighted by Gasteiger charge is -2.37. The number of carboxylic acid groups (broad SMARTS) is 1. The number of thiocarbonyl (C=S) groups is 1. The van der Waals surface area contributed by atoms with Crippen molar-refractivity contribution in [2.45, 2.75) is 27.3 Å². The van der Waals surface area contributed by atoms with Gasteiger partial charge in [-0.3, -0.25) is 23.9 Å². The summed E-state index contributed by atoms with van der Waals surface area (Å²) in [6, 6.07) is 2.01. The van der Waals surface area contributed by atoms with E-state index in [9.17, 15) is 19.6 Å². The van der Waals surface area contributed by atoms with E-state index < -0.39 is 18.4 Å². The maximum Gasteiger partial charge on any atom is 0.323 e. The molecule has 32 heavy (non-hydrogen) atoms. The zero-order valence-electron chi connectivity index (χ0n) is 18.3. The van der Waals surface area contributed by atoms with E-state index in [1.165, 1.54) is 0 Å². The minimum atomic E-state index is -1.15. The smallest absolute Gasteiger partial charge is 0.323 e. The number of carbonyl (C=O) groups is 2. The predicted molar refractivity (Wildman–Crippen MR) is 128 cm³/mol. The molecule has 3 heterocycles. The third-order valence-corrected chi connectivity index (χ3v) is 7.10. The standard InChI is InChI=1S/C21H25N5O4S2/c1-4-23-6-8-24(9-7-23)18-14(13(3)15(11-22)19(29)25(18)5-2)10-16-20(30)26(12-17(27)28)21(31)32-16/h10H,4-9,12H2,1-3H3,(H,27,28)/b16-10+. The van der Waals surface area contributed by atoms with Gasteiger partial charge in [0.25, 0.3) is 11.5 Å². The van der Waals surface area contributed by atoms with Gasteiger partial charge in [0.05, 0.1) is 4.91 Å². The van der Waals surface area contributed by atoms with E-state index >= 15 is 0 Å². The van der Waals surface area contributed by atoms with Crippen LogP contribution in [-0.4, -0.2) is 74.9 Å². The van der Waals surface area contributed by atoms with E-state index in [2.05, 4.69) is 16.7 Å². The number of carbonyl (C=O) groups excluding carboxylic acids is 1. The normalized spacial score (nSPS) is 18.5. The molecule has 0 bridgehead atoms. The Kier molecular flexibility index (Phi) is 7.38. The highest BCUT2D eigenvalue weighted by Crippen LogP contribution is 2.36. The van der Waals surface area contributed by atoms with Gasteiger partial charge in [-0.05, 0) is 32.0 Å². The summed E-state index contributed by atoms with van der Waals surface area (Å²) < 4.78 is 1.75. The molecule has 170 valence electrons. The van der Waals surface area contributed by atoms with Crippen LogP contribution in [0.4, 0.5) is 5.82 Å². The summed E-state index contributed by atoms with van der Waals surface area (Å²) in [5.41, 5.74) is 0.799. The monoisotopic (exact) mass is 475 g/mol. The SMILES string of the molecule is CCN1CCN(c2c(/C=C3/SC(=S)N(CC(=O)O)C3=O)c(C)c(C#N)c(=O)n2CC)CC1. The molecule has 1 amide bonds. The molecule has 1 N–H and O–H groups in total. The van der Waals surface area contributed by atoms with Crippen LogP contribution in [0.2, 0.25) is 0 Å². The van der Waals surface area contributed by atoms with Crippen LogP contribution in [0, 0.1) is 18.3 Å². The lowest BCUT2D eigenvalue weighted by atomic mass is 10.0. The van der Waals surface area contributed by atoms with E-state index in [1.54, 1.807) is 17.6 Å². The fraction of sp³-hybridized carbons (Fsp3) is 0.476. The summed E-state index contributed by atoms with van der Waals surface area (Å²) in [5, 5.41) is 18.7. The highest BCUT2D eigenvalue weighted by molar-refractivity contribution is 8.26. The quantitative estimate of drug-likeness (QED) is 0.483. The van der Waals surface area contributed by atoms with Gasteiger partial charge in [-0.1, -0.05) is 30.9 Å². The summed E-state index contributed by atoms with van der Waals surface area (Å²) in [5.74, 6) is -0.968. The Morgan fingerprint density at radius 3 is 2.41 bits per heavy atom. The Labute approximate surface area is 195 Å². The zero-order chi connectivity index (χ0) is 23.6. The van der Waals surface area contributed by atoms with E-state index in [-0.39, 0.29) is 20.3 Å². The zero-order valence-corrected chi connectivity index (χ0v) is 19.9. The number of piperazine rings is 1. The molecule has 3 rings (SSSR count). The van der Waals surface area contributed by atoms with Crippen molar-refractivity contribution in [1.82, 2.24) is 14.4 Å². The molecule has 11 heteroatoms. The third-order valence-electron chi connectivity index (χ3n) is 5.72. The highest BCUT2D eigenvalue weighted by atomic mass is 32.2. The molecular formula is C21H25N5O4S2. The van der Waals surface area contributed by atoms with E-state index in [0.29, 0.717) is 36.6 Å². The number of pyridine rings is 1. The molecule has 2 saturated heterocycles. The molecule has 0 saturated carbocycles. The number of rotatable bonds is 6. The van der Waals surface area contributed by atoms with Crippen LogP contribution in [0.3, 0.4) is 0 Å². The van der Waals surface area contributed by atoms with E-state index in [1.807, 2.05) is 13.0 Å². The largest absolute Gasteiger partial charge is 0.480 e. The minimum Gasteiger partial charge on any atom is -0.480 e. The van der Waals surface area contributed by atoms with Crippen LogP contribution in [0.5, 0.6) is 0 Å². The molecule has 0 aromatic carbocycles. The van der Waals surface area contributed by atoms with Gasteiger partial charge in [0.15, 0.2) is 0 Å². The Hall–Kier alpha value is -2.68. The number of amides is 1. The minimum absolute atomic E-state index is 0.0371. The van der Waals surface area contributed by atoms with Crippen LogP contribution in [-0.2, 0) is 16.1 Å². The number of nitriles is 1. The maximum atomic E-state index is 13.0. The van der Waals surface area contributed by atoms with Gasteiger partial charge in [0.2, 0.25) is 0 Å². The number of hydrogen-bond acceptors (Lipinski definition) is 8. The van der Waals surface area contributed by atoms with Crippen LogP contribution < -0.4 is 10.5 Å². The summed E-state index contributed by atoms with van der Waals surface area (Å²) in [6.07, 6.45) is 1.64. The van der Waals surface area contributed by atoms with Crippen molar-refractivity contribution in [3.8, 4) is 6.07 Å². The second-order valence-corrected chi connectivity index (χ2v) is 9.16. The molecule has 1 aromatic heterocycles. The van der Waals surface area contributed by atoms with E-state index in [4.69, 9.17) is 17.3 Å². The number of anilines is 1. The van der Waals surface area contributed by atoms with Gasteiger partial charge in [-0.25, -0.2) is 0 Å². The molecule has 9 nitrogen and oxygen atoms in total. The Morgan fingerprint density at radius 1 is 1.22 bits per heavy atom. The fourth-order valence-corrected chi connectivity index (χ4v) is 5.19. The average Bonchev–Trinajstić information content (AvgIpc) is 3.02. The van der Waals surface area contributed by atoms with Crippen LogP contribution in [0.15, 0.2) is 9.70 Å². The molecule has 2 aliphatic rings. The van der Waals surface area contributed by atoms with Gasteiger partial charge in [0.1, 0.15) is 28.3 Å². The van der Waals surface area contributed by atoms with Crippen molar-refractivity contribution >= 4 is 52.1 Å². The summed E-state index contributed by atoms with van der Waals surface area (Å²) >= 11 is 6.23. The first-order valence-corrected chi connectivity index (χ1v) is 11.6. The number of aromatic nitrogens is 1. The second-order valence-electron chi connectivity index (χ2n) is 7.48. The van der Waals surface area contributed by atoms with Gasteiger partial charge in [0, 0.05) is 38.3 Å². The second kappa shape index (κ2) is 9.85. The molecule has 2 fully saturated rings. The van der Waals surface area contributed by atoms with Crippen molar-refractivity contribution in [1.29, 1.82) is 5.26 Å². The van der Waals surface area contributed by atoms with Gasteiger partial charge < -0.3 is 14.9 Å². The van der Waals surface area contributed by atoms with Crippen molar-refractivity contribution in [3.63, 3.8) is 0 Å². The fourth-order valence-electron chi connectivity index (χ4n) is 3.96. The first-order valence-electron chi connectivity index (χ1n) is 10.3. The molecule has 2 aliphatic heterocycles. The number of hydrogen-bond donors (Lipinski definition) is 1. The van der Waals surface area contributed by atoms with Gasteiger partial charge in [-0.2, -0.15) is 5.26 Å². The molecule has 0 radical (unpaired) electrons. The van der Waals surface area contributed by atoms with Crippen molar-refractivity contribution in [2.24, 2.45) is 0 Å². The third kappa shape index (κ3) is 4.44. The number of likely N-dealkylation sites (N-methyl/N-ethyl adjacent to an activating group) is 1. The number of nitrogens with zero attached hydrogens (tertiary/aromatic N) is 5. The summed E-state index contributed by atoms with van der Waals surface area (Å²) in [4.78, 5) is 42.8. The molecule has 0 spiro atoms. The number of thioether (sulfide) groups is 1. The lowest BCUT2D eigenvalue weighted by molar-refractivity contribution is -0.140. The van der Waals surface area contributed by atoms with Crippen LogP contribution >= 0.6 is 24.0 Å². The topological polar surface area (TPSA) is 110 Å². The summed E-state index contributed by atoms with van der Waals surface area (Å²) in [7, 11) is 0. The van der Waals surface area contributed by atoms with Crippen LogP contribution in [0.1, 0.15) is 30.5 Å². The van der Waals surface area contributed by atoms with Gasteiger partial charge >= 0.3 is 5.97 Å². The lowest BCUT2D eigenvalue weighted by Crippen LogP contribution is -2.48. The molecule has 0 aliphatic carbocycles. The van der Waals surface area contributed by atoms with Crippen molar-refractivity contribution in [3.05, 3.63) is 31.9 Å². The van der Waals surface area contributed by atoms with E-state index in [0.717, 1.165) is 36.3 Å². The van der Waals surface area contributed by atoms with Crippen molar-refractivity contribution in [2.75, 3.05) is 44.2 Å². The highest BCUT2D eigenvalue weighted by Gasteiger charge is 2.34. The predicted octanol–water partition coefficient (Wildman–Crippen LogP) is 1.48. The first-order chi connectivity index (χ1) is 15.2. The molecule has 0 atom stereocenters. The number of carboxylic acids is 1. The first kappa shape index (κ1) is 24.0. The molecule has 0 unspecified atom stereocenters. The number of aliphatic carboxylic acids is 1. The van der Waals surface area contributed by atoms with Crippen molar-refractivity contribution < 1.29 is 14.7 Å². The summed E-state index contributed by atoms with van der Waals surface area (Å²) in [6.45, 7) is 9.56. The van der Waals surface area contributed by atoms with Crippen LogP contribution in [0.25, 0.3) is 6.08 Å². The Bertz CT molecular complexity index is 1100. The molecule has 1 aromatic rings. The Balaban J connectivity index is 2.16. The maximum absolute atomic E-state index is 13.0. The Morgan fingerprint density at radius 2 is 1.88 bits per heavy atom. The average molecular weight is 476 g/mol.